The van der Waals surface area contributed by atoms with E-state index in [0.717, 1.165) is 23.7 Å². The number of rotatable bonds is 4. The molecular formula is C15H15N3O3. The smallest absolute Gasteiger partial charge is 0.323 e. The van der Waals surface area contributed by atoms with Gasteiger partial charge in [0, 0.05) is 17.6 Å². The second-order valence-electron chi connectivity index (χ2n) is 5.06. The van der Waals surface area contributed by atoms with Crippen LogP contribution in [0.1, 0.15) is 12.8 Å². The molecule has 0 atom stereocenters. The first-order valence-electron chi connectivity index (χ1n) is 6.78. The average molecular weight is 285 g/mol. The lowest BCUT2D eigenvalue weighted by molar-refractivity contribution is -0.137. The van der Waals surface area contributed by atoms with Crippen molar-refractivity contribution in [1.82, 2.24) is 9.88 Å². The van der Waals surface area contributed by atoms with Gasteiger partial charge >= 0.3 is 12.0 Å². The molecular weight excluding hydrogens is 270 g/mol. The van der Waals surface area contributed by atoms with E-state index in [-0.39, 0.29) is 18.6 Å². The Balaban J connectivity index is 1.83. The number of nitrogens with one attached hydrogen (secondary N) is 1. The summed E-state index contributed by atoms with van der Waals surface area (Å²) in [6.07, 6.45) is 3.41. The Hall–Kier alpha value is -2.63. The second kappa shape index (κ2) is 5.40. The molecule has 0 unspecified atom stereocenters. The fourth-order valence-electron chi connectivity index (χ4n) is 2.30. The number of fused-ring (bicyclic) bond motifs is 1. The third-order valence-electron chi connectivity index (χ3n) is 3.44. The van der Waals surface area contributed by atoms with E-state index in [1.54, 1.807) is 18.3 Å². The number of amides is 2. The minimum atomic E-state index is -1.00. The Morgan fingerprint density at radius 3 is 2.81 bits per heavy atom. The summed E-state index contributed by atoms with van der Waals surface area (Å²) in [7, 11) is 0. The van der Waals surface area contributed by atoms with Crippen LogP contribution < -0.4 is 5.32 Å². The number of aromatic nitrogens is 1. The van der Waals surface area contributed by atoms with Crippen LogP contribution in [0.2, 0.25) is 0 Å². The molecule has 0 bridgehead atoms. The molecule has 108 valence electrons. The van der Waals surface area contributed by atoms with Crippen LogP contribution in [0.5, 0.6) is 0 Å². The molecule has 0 saturated heterocycles. The zero-order valence-corrected chi connectivity index (χ0v) is 11.3. The zero-order valence-electron chi connectivity index (χ0n) is 11.3. The van der Waals surface area contributed by atoms with Gasteiger partial charge in [-0.25, -0.2) is 4.79 Å². The number of hydrogen-bond acceptors (Lipinski definition) is 3. The number of pyridine rings is 1. The molecule has 1 aromatic carbocycles. The number of carbonyl (C=O) groups is 2. The van der Waals surface area contributed by atoms with E-state index in [9.17, 15) is 9.59 Å². The van der Waals surface area contributed by atoms with Gasteiger partial charge in [-0.2, -0.15) is 0 Å². The van der Waals surface area contributed by atoms with Crippen molar-refractivity contribution < 1.29 is 14.7 Å². The van der Waals surface area contributed by atoms with Gasteiger partial charge in [0.1, 0.15) is 6.54 Å². The molecule has 0 spiro atoms. The Kier molecular flexibility index (Phi) is 3.43. The molecule has 1 fully saturated rings. The lowest BCUT2D eigenvalue weighted by Crippen LogP contribution is -2.40. The van der Waals surface area contributed by atoms with E-state index >= 15 is 0 Å². The Morgan fingerprint density at radius 1 is 1.29 bits per heavy atom. The summed E-state index contributed by atoms with van der Waals surface area (Å²) in [6, 6.07) is 8.79. The van der Waals surface area contributed by atoms with E-state index in [2.05, 4.69) is 10.3 Å². The van der Waals surface area contributed by atoms with Crippen LogP contribution >= 0.6 is 0 Å². The van der Waals surface area contributed by atoms with Crippen LogP contribution in [-0.2, 0) is 4.79 Å². The average Bonchev–Trinajstić information content (AvgIpc) is 3.29. The van der Waals surface area contributed by atoms with E-state index in [1.807, 2.05) is 18.2 Å². The standard InChI is InChI=1S/C15H15N3O3/c19-14(20)9-18(10-6-7-10)15(21)17-13-5-1-4-12-11(13)3-2-8-16-12/h1-5,8,10H,6-7,9H2,(H,17,21)(H,19,20). The molecule has 2 N–H and O–H groups in total. The molecule has 1 aliphatic rings. The van der Waals surface area contributed by atoms with Crippen LogP contribution in [-0.4, -0.2) is 39.6 Å². The normalized spacial score (nSPS) is 13.9. The number of carboxylic acid groups (broad SMARTS) is 1. The summed E-state index contributed by atoms with van der Waals surface area (Å²) >= 11 is 0. The second-order valence-corrected chi connectivity index (χ2v) is 5.06. The van der Waals surface area contributed by atoms with Crippen molar-refractivity contribution in [3.63, 3.8) is 0 Å². The lowest BCUT2D eigenvalue weighted by atomic mass is 10.2. The Bertz CT molecular complexity index is 692. The summed E-state index contributed by atoms with van der Waals surface area (Å²) in [6.45, 7) is -0.278. The van der Waals surface area contributed by atoms with Gasteiger partial charge in [-0.1, -0.05) is 6.07 Å². The molecule has 0 radical (unpaired) electrons. The number of anilines is 1. The molecule has 21 heavy (non-hydrogen) atoms. The first kappa shape index (κ1) is 13.4. The minimum absolute atomic E-state index is 0.0363. The van der Waals surface area contributed by atoms with E-state index < -0.39 is 5.97 Å². The predicted molar refractivity (Wildman–Crippen MR) is 78.1 cm³/mol. The fraction of sp³-hybridized carbons (Fsp3) is 0.267. The van der Waals surface area contributed by atoms with Gasteiger partial charge < -0.3 is 15.3 Å². The van der Waals surface area contributed by atoms with Gasteiger partial charge in [0.15, 0.2) is 0 Å². The van der Waals surface area contributed by atoms with Gasteiger partial charge in [0.2, 0.25) is 0 Å². The van der Waals surface area contributed by atoms with Gasteiger partial charge in [0.05, 0.1) is 11.2 Å². The van der Waals surface area contributed by atoms with Crippen molar-refractivity contribution in [3.05, 3.63) is 36.5 Å². The van der Waals surface area contributed by atoms with Gasteiger partial charge in [-0.05, 0) is 37.1 Å². The first-order chi connectivity index (χ1) is 10.1. The number of nitrogens with zero attached hydrogens (tertiary/aromatic N) is 2. The number of carbonyl (C=O) groups excluding carboxylic acids is 1. The molecule has 1 aromatic heterocycles. The number of carboxylic acids is 1. The number of urea groups is 1. The Labute approximate surface area is 121 Å². The molecule has 3 rings (SSSR count). The highest BCUT2D eigenvalue weighted by Gasteiger charge is 2.34. The highest BCUT2D eigenvalue weighted by molar-refractivity contribution is 6.01. The monoisotopic (exact) mass is 285 g/mol. The third-order valence-corrected chi connectivity index (χ3v) is 3.44. The van der Waals surface area contributed by atoms with Crippen LogP contribution in [0.25, 0.3) is 10.9 Å². The van der Waals surface area contributed by atoms with Crippen LogP contribution in [0.15, 0.2) is 36.5 Å². The zero-order chi connectivity index (χ0) is 14.8. The van der Waals surface area contributed by atoms with Crippen molar-refractivity contribution in [1.29, 1.82) is 0 Å². The first-order valence-corrected chi connectivity index (χ1v) is 6.78. The quantitative estimate of drug-likeness (QED) is 0.903. The maximum Gasteiger partial charge on any atom is 0.323 e. The van der Waals surface area contributed by atoms with Gasteiger partial charge in [-0.15, -0.1) is 0 Å². The molecule has 6 nitrogen and oxygen atoms in total. The highest BCUT2D eigenvalue weighted by atomic mass is 16.4. The molecule has 1 heterocycles. The molecule has 0 aliphatic heterocycles. The molecule has 2 aromatic rings. The van der Waals surface area contributed by atoms with Crippen molar-refractivity contribution in [2.45, 2.75) is 18.9 Å². The molecule has 1 saturated carbocycles. The molecule has 6 heteroatoms. The van der Waals surface area contributed by atoms with E-state index in [1.165, 1.54) is 4.90 Å². The van der Waals surface area contributed by atoms with Crippen LogP contribution in [0.3, 0.4) is 0 Å². The highest BCUT2D eigenvalue weighted by Crippen LogP contribution is 2.28. The number of aliphatic carboxylic acids is 1. The maximum atomic E-state index is 12.3. The fourth-order valence-corrected chi connectivity index (χ4v) is 2.30. The van der Waals surface area contributed by atoms with Crippen LogP contribution in [0.4, 0.5) is 10.5 Å². The Morgan fingerprint density at radius 2 is 2.10 bits per heavy atom. The topological polar surface area (TPSA) is 82.5 Å². The number of hydrogen-bond donors (Lipinski definition) is 2. The molecule has 1 aliphatic carbocycles. The third kappa shape index (κ3) is 2.94. The minimum Gasteiger partial charge on any atom is -0.480 e. The van der Waals surface area contributed by atoms with Gasteiger partial charge in [0.25, 0.3) is 0 Å². The molecule has 2 amide bonds. The summed E-state index contributed by atoms with van der Waals surface area (Å²) < 4.78 is 0. The largest absolute Gasteiger partial charge is 0.480 e. The van der Waals surface area contributed by atoms with Crippen molar-refractivity contribution in [2.24, 2.45) is 0 Å². The van der Waals surface area contributed by atoms with E-state index in [0.29, 0.717) is 5.69 Å². The van der Waals surface area contributed by atoms with Crippen LogP contribution in [0, 0.1) is 0 Å². The lowest BCUT2D eigenvalue weighted by Gasteiger charge is -2.21. The number of benzene rings is 1. The summed E-state index contributed by atoms with van der Waals surface area (Å²) in [5, 5.41) is 12.5. The van der Waals surface area contributed by atoms with Gasteiger partial charge in [-0.3, -0.25) is 9.78 Å². The van der Waals surface area contributed by atoms with Crippen molar-refractivity contribution in [3.8, 4) is 0 Å². The van der Waals surface area contributed by atoms with Crippen molar-refractivity contribution in [2.75, 3.05) is 11.9 Å². The van der Waals surface area contributed by atoms with E-state index in [4.69, 9.17) is 5.11 Å². The SMILES string of the molecule is O=C(O)CN(C(=O)Nc1cccc2ncccc12)C1CC1. The summed E-state index contributed by atoms with van der Waals surface area (Å²) in [4.78, 5) is 28.8. The summed E-state index contributed by atoms with van der Waals surface area (Å²) in [5.41, 5.74) is 1.42. The maximum absolute atomic E-state index is 12.3. The summed E-state index contributed by atoms with van der Waals surface area (Å²) in [5.74, 6) is -1.00. The predicted octanol–water partition coefficient (Wildman–Crippen LogP) is 2.32. The van der Waals surface area contributed by atoms with Crippen molar-refractivity contribution >= 4 is 28.6 Å².